The molecule has 1 atom stereocenters. The first kappa shape index (κ1) is 13.6. The highest BCUT2D eigenvalue weighted by Crippen LogP contribution is 2.28. The summed E-state index contributed by atoms with van der Waals surface area (Å²) in [5.74, 6) is -1.08. The Bertz CT molecular complexity index is 474. The van der Waals surface area contributed by atoms with Crippen LogP contribution in [0.4, 0.5) is 13.2 Å². The number of pyridine rings is 1. The van der Waals surface area contributed by atoms with E-state index in [1.54, 1.807) is 0 Å². The highest BCUT2D eigenvalue weighted by atomic mass is 32.2. The third-order valence-corrected chi connectivity index (χ3v) is 2.34. The van der Waals surface area contributed by atoms with Gasteiger partial charge in [0, 0.05) is 0 Å². The van der Waals surface area contributed by atoms with Gasteiger partial charge in [0.1, 0.15) is 10.7 Å². The minimum absolute atomic E-state index is 0.503. The largest absolute Gasteiger partial charge is 0.767 e. The van der Waals surface area contributed by atoms with E-state index in [1.165, 1.54) is 0 Å². The maximum Gasteiger partial charge on any atom is 0.433 e. The van der Waals surface area contributed by atoms with Crippen molar-refractivity contribution in [3.05, 3.63) is 23.4 Å². The molecule has 1 aromatic heterocycles. The van der Waals surface area contributed by atoms with Gasteiger partial charge in [0.25, 0.3) is 0 Å². The molecule has 0 bridgehead atoms. The number of rotatable bonds is 2. The maximum absolute atomic E-state index is 12.3. The van der Waals surface area contributed by atoms with Crippen molar-refractivity contribution in [2.24, 2.45) is 0 Å². The molecular weight excluding hydrogens is 263 g/mol. The molecule has 0 amide bonds. The van der Waals surface area contributed by atoms with E-state index in [0.717, 1.165) is 7.11 Å². The van der Waals surface area contributed by atoms with Crippen LogP contribution in [0.1, 0.15) is 16.1 Å². The minimum atomic E-state index is -4.79. The Morgan fingerprint density at radius 2 is 2.06 bits per heavy atom. The first-order valence-electron chi connectivity index (χ1n) is 4.03. The van der Waals surface area contributed by atoms with E-state index in [9.17, 15) is 26.7 Å². The SMILES string of the molecule is COC(=O)c1ccc(C(F)(F)F)nc1S(=O)[O-]. The number of hydrogen-bond acceptors (Lipinski definition) is 5. The zero-order valence-electron chi connectivity index (χ0n) is 8.28. The molecule has 1 heterocycles. The molecule has 17 heavy (non-hydrogen) atoms. The van der Waals surface area contributed by atoms with Gasteiger partial charge >= 0.3 is 12.1 Å². The molecule has 0 aromatic carbocycles. The van der Waals surface area contributed by atoms with Gasteiger partial charge in [-0.15, -0.1) is 0 Å². The van der Waals surface area contributed by atoms with Crippen LogP contribution < -0.4 is 0 Å². The van der Waals surface area contributed by atoms with Crippen LogP contribution in [0.25, 0.3) is 0 Å². The Morgan fingerprint density at radius 3 is 2.47 bits per heavy atom. The third-order valence-electron chi connectivity index (χ3n) is 1.71. The molecule has 0 saturated carbocycles. The van der Waals surface area contributed by atoms with Crippen molar-refractivity contribution in [2.45, 2.75) is 11.2 Å². The summed E-state index contributed by atoms with van der Waals surface area (Å²) in [7, 11) is 0.970. The molecule has 1 aromatic rings. The number of alkyl halides is 3. The van der Waals surface area contributed by atoms with Crippen LogP contribution in [0.3, 0.4) is 0 Å². The summed E-state index contributed by atoms with van der Waals surface area (Å²) in [6.45, 7) is 0. The molecule has 0 saturated heterocycles. The molecule has 0 radical (unpaired) electrons. The van der Waals surface area contributed by atoms with Crippen LogP contribution in [0, 0.1) is 0 Å². The Morgan fingerprint density at radius 1 is 1.47 bits per heavy atom. The van der Waals surface area contributed by atoms with E-state index in [0.29, 0.717) is 12.1 Å². The van der Waals surface area contributed by atoms with Crippen LogP contribution >= 0.6 is 0 Å². The number of methoxy groups -OCH3 is 1. The highest BCUT2D eigenvalue weighted by Gasteiger charge is 2.33. The second kappa shape index (κ2) is 4.80. The smallest absolute Gasteiger partial charge is 0.433 e. The second-order valence-electron chi connectivity index (χ2n) is 2.77. The van der Waals surface area contributed by atoms with E-state index >= 15 is 0 Å². The van der Waals surface area contributed by atoms with E-state index < -0.39 is 39.5 Å². The number of halogens is 3. The summed E-state index contributed by atoms with van der Waals surface area (Å²) in [5, 5.41) is -0.994. The fourth-order valence-corrected chi connectivity index (χ4v) is 1.49. The molecular formula is C8H5F3NO4S-. The average Bonchev–Trinajstić information content (AvgIpc) is 2.25. The lowest BCUT2D eigenvalue weighted by atomic mass is 10.2. The second-order valence-corrected chi connectivity index (χ2v) is 3.63. The zero-order chi connectivity index (χ0) is 13.2. The van der Waals surface area contributed by atoms with Crippen LogP contribution in [0.5, 0.6) is 0 Å². The summed E-state index contributed by atoms with van der Waals surface area (Å²) in [6.07, 6.45) is -4.79. The van der Waals surface area contributed by atoms with Crippen LogP contribution in [0.2, 0.25) is 0 Å². The lowest BCUT2D eigenvalue weighted by Gasteiger charge is -2.12. The van der Waals surface area contributed by atoms with Gasteiger partial charge in [-0.3, -0.25) is 4.21 Å². The minimum Gasteiger partial charge on any atom is -0.767 e. The van der Waals surface area contributed by atoms with Gasteiger partial charge in [0.05, 0.1) is 12.7 Å². The molecule has 0 aliphatic carbocycles. The first-order valence-corrected chi connectivity index (χ1v) is 5.10. The van der Waals surface area contributed by atoms with Gasteiger partial charge in [-0.1, -0.05) is 0 Å². The van der Waals surface area contributed by atoms with E-state index in [4.69, 9.17) is 0 Å². The van der Waals surface area contributed by atoms with Gasteiger partial charge in [-0.2, -0.15) is 13.2 Å². The Balaban J connectivity index is 3.37. The van der Waals surface area contributed by atoms with Gasteiger partial charge in [0.15, 0.2) is 0 Å². The van der Waals surface area contributed by atoms with E-state index in [1.807, 2.05) is 0 Å². The van der Waals surface area contributed by atoms with Crippen molar-refractivity contribution in [3.8, 4) is 0 Å². The quantitative estimate of drug-likeness (QED) is 0.593. The molecule has 0 spiro atoms. The summed E-state index contributed by atoms with van der Waals surface area (Å²) in [4.78, 5) is 14.0. The van der Waals surface area contributed by atoms with Crippen LogP contribution in [0.15, 0.2) is 17.2 Å². The predicted octanol–water partition coefficient (Wildman–Crippen LogP) is 1.12. The predicted molar refractivity (Wildman–Crippen MR) is 47.8 cm³/mol. The molecule has 0 fully saturated rings. The third kappa shape index (κ3) is 3.01. The average molecular weight is 268 g/mol. The molecule has 9 heteroatoms. The van der Waals surface area contributed by atoms with Crippen molar-refractivity contribution in [3.63, 3.8) is 0 Å². The number of ether oxygens (including phenoxy) is 1. The van der Waals surface area contributed by atoms with Gasteiger partial charge in [0.2, 0.25) is 0 Å². The molecule has 0 N–H and O–H groups in total. The lowest BCUT2D eigenvalue weighted by molar-refractivity contribution is -0.141. The summed E-state index contributed by atoms with van der Waals surface area (Å²) in [6, 6.07) is 1.20. The van der Waals surface area contributed by atoms with E-state index in [2.05, 4.69) is 9.72 Å². The Hall–Kier alpha value is -1.48. The summed E-state index contributed by atoms with van der Waals surface area (Å²) in [5.41, 5.74) is -1.95. The normalized spacial score (nSPS) is 13.2. The Kier molecular flexibility index (Phi) is 3.83. The fraction of sp³-hybridized carbons (Fsp3) is 0.250. The molecule has 94 valence electrons. The van der Waals surface area contributed by atoms with Crippen LogP contribution in [-0.2, 0) is 22.0 Å². The monoisotopic (exact) mass is 268 g/mol. The zero-order valence-corrected chi connectivity index (χ0v) is 9.09. The van der Waals surface area contributed by atoms with Crippen molar-refractivity contribution in [1.29, 1.82) is 0 Å². The number of carbonyl (C=O) groups excluding carboxylic acids is 1. The summed E-state index contributed by atoms with van der Waals surface area (Å²) < 4.78 is 62.4. The standard InChI is InChI=1S/C8H6F3NO4S/c1-16-7(13)4-2-3-5(8(9,10)11)12-6(4)17(14)15/h2-3H,1H3,(H,14,15)/p-1. The van der Waals surface area contributed by atoms with Crippen molar-refractivity contribution < 1.29 is 31.5 Å². The van der Waals surface area contributed by atoms with Crippen LogP contribution in [-0.4, -0.2) is 26.8 Å². The number of esters is 1. The van der Waals surface area contributed by atoms with Crippen molar-refractivity contribution in [2.75, 3.05) is 7.11 Å². The molecule has 1 rings (SSSR count). The fourth-order valence-electron chi connectivity index (χ4n) is 0.991. The molecule has 5 nitrogen and oxygen atoms in total. The number of nitrogens with zero attached hydrogens (tertiary/aromatic N) is 1. The highest BCUT2D eigenvalue weighted by molar-refractivity contribution is 7.79. The van der Waals surface area contributed by atoms with Gasteiger partial charge in [-0.25, -0.2) is 9.78 Å². The first-order chi connectivity index (χ1) is 7.77. The lowest BCUT2D eigenvalue weighted by Crippen LogP contribution is -2.14. The molecule has 0 aliphatic rings. The number of aromatic nitrogens is 1. The van der Waals surface area contributed by atoms with Gasteiger partial charge in [-0.05, 0) is 23.2 Å². The number of hydrogen-bond donors (Lipinski definition) is 0. The number of carbonyl (C=O) groups is 1. The molecule has 1 unspecified atom stereocenters. The van der Waals surface area contributed by atoms with Crippen molar-refractivity contribution >= 4 is 17.0 Å². The van der Waals surface area contributed by atoms with Gasteiger partial charge < -0.3 is 9.29 Å². The molecule has 0 aliphatic heterocycles. The maximum atomic E-state index is 12.3. The Labute approximate surface area is 95.9 Å². The van der Waals surface area contributed by atoms with Crippen molar-refractivity contribution in [1.82, 2.24) is 4.98 Å². The topological polar surface area (TPSA) is 79.3 Å². The summed E-state index contributed by atoms with van der Waals surface area (Å²) >= 11 is -3.07. The van der Waals surface area contributed by atoms with E-state index in [-0.39, 0.29) is 0 Å².